The van der Waals surface area contributed by atoms with E-state index in [1.54, 1.807) is 13.2 Å². The second-order valence-corrected chi connectivity index (χ2v) is 2.73. The maximum Gasteiger partial charge on any atom is 0.0763 e. The summed E-state index contributed by atoms with van der Waals surface area (Å²) in [5.74, 6) is 0. The lowest BCUT2D eigenvalue weighted by Crippen LogP contribution is -1.93. The first-order chi connectivity index (χ1) is 6.20. The van der Waals surface area contributed by atoms with Gasteiger partial charge in [0.05, 0.1) is 22.5 Å². The molecule has 0 amide bonds. The van der Waals surface area contributed by atoms with Crippen LogP contribution in [-0.2, 0) is 0 Å². The number of hydrogen-bond acceptors (Lipinski definition) is 4. The molecule has 0 radical (unpaired) electrons. The molecule has 0 saturated carbocycles. The van der Waals surface area contributed by atoms with Gasteiger partial charge in [0, 0.05) is 19.4 Å². The topological polar surface area (TPSA) is 62.8 Å². The zero-order valence-corrected chi connectivity index (χ0v) is 8.55. The largest absolute Gasteiger partial charge is 0.403 e. The summed E-state index contributed by atoms with van der Waals surface area (Å²) in [5, 5.41) is 10.7. The summed E-state index contributed by atoms with van der Waals surface area (Å²) in [4.78, 5) is 0. The van der Waals surface area contributed by atoms with Crippen molar-refractivity contribution >= 4 is 35.6 Å². The standard InChI is InChI=1S/C7H10Cl2N4/c1-11-3-7(9)5-13-12-4-6(8)2-10/h2-5,11H,10H2,1H3/b6-2+,7-3+,12-4-,13-5-. The average Bonchev–Trinajstić information content (AvgIpc) is 2.12. The molecule has 0 aliphatic rings. The maximum atomic E-state index is 5.63. The van der Waals surface area contributed by atoms with E-state index in [1.807, 2.05) is 0 Å². The van der Waals surface area contributed by atoms with Gasteiger partial charge in [-0.15, -0.1) is 0 Å². The molecule has 0 aliphatic carbocycles. The molecule has 0 bridgehead atoms. The van der Waals surface area contributed by atoms with Crippen LogP contribution >= 0.6 is 23.2 Å². The molecule has 0 spiro atoms. The summed E-state index contributed by atoms with van der Waals surface area (Å²) in [5.41, 5.74) is 5.08. The van der Waals surface area contributed by atoms with Crippen molar-refractivity contribution in [3.63, 3.8) is 0 Å². The Balaban J connectivity index is 4.01. The van der Waals surface area contributed by atoms with E-state index in [-0.39, 0.29) is 0 Å². The van der Waals surface area contributed by atoms with Crippen LogP contribution in [0.15, 0.2) is 32.7 Å². The van der Waals surface area contributed by atoms with Crippen LogP contribution in [0.5, 0.6) is 0 Å². The van der Waals surface area contributed by atoms with Crippen LogP contribution in [-0.4, -0.2) is 19.5 Å². The van der Waals surface area contributed by atoms with E-state index in [0.29, 0.717) is 10.1 Å². The molecule has 0 unspecified atom stereocenters. The van der Waals surface area contributed by atoms with E-state index >= 15 is 0 Å². The molecule has 0 aromatic carbocycles. The first-order valence-electron chi connectivity index (χ1n) is 3.37. The lowest BCUT2D eigenvalue weighted by Gasteiger charge is -1.86. The number of nitrogens with one attached hydrogen (secondary N) is 1. The molecule has 0 atom stereocenters. The van der Waals surface area contributed by atoms with Gasteiger partial charge in [-0.3, -0.25) is 0 Å². The van der Waals surface area contributed by atoms with Crippen molar-refractivity contribution in [2.24, 2.45) is 15.9 Å². The second kappa shape index (κ2) is 7.64. The van der Waals surface area contributed by atoms with Crippen LogP contribution < -0.4 is 11.1 Å². The van der Waals surface area contributed by atoms with Gasteiger partial charge in [-0.25, -0.2) is 0 Å². The Kier molecular flexibility index (Phi) is 7.05. The van der Waals surface area contributed by atoms with Crippen LogP contribution in [0.25, 0.3) is 0 Å². The van der Waals surface area contributed by atoms with Crippen molar-refractivity contribution < 1.29 is 0 Å². The summed E-state index contributed by atoms with van der Waals surface area (Å²) in [6.07, 6.45) is 5.46. The first-order valence-corrected chi connectivity index (χ1v) is 4.13. The van der Waals surface area contributed by atoms with Gasteiger partial charge in [0.1, 0.15) is 0 Å². The molecule has 0 rings (SSSR count). The minimum Gasteiger partial charge on any atom is -0.403 e. The van der Waals surface area contributed by atoms with E-state index in [0.717, 1.165) is 0 Å². The van der Waals surface area contributed by atoms with Crippen molar-refractivity contribution in [3.8, 4) is 0 Å². The molecule has 6 heteroatoms. The summed E-state index contributed by atoms with van der Waals surface area (Å²) < 4.78 is 0. The molecule has 13 heavy (non-hydrogen) atoms. The van der Waals surface area contributed by atoms with Crippen molar-refractivity contribution in [1.82, 2.24) is 5.32 Å². The lowest BCUT2D eigenvalue weighted by molar-refractivity contribution is 1.10. The van der Waals surface area contributed by atoms with E-state index in [2.05, 4.69) is 15.5 Å². The fraction of sp³-hybridized carbons (Fsp3) is 0.143. The van der Waals surface area contributed by atoms with Gasteiger partial charge < -0.3 is 11.1 Å². The Morgan fingerprint density at radius 3 is 2.23 bits per heavy atom. The summed E-state index contributed by atoms with van der Waals surface area (Å²) in [6.45, 7) is 0. The summed E-state index contributed by atoms with van der Waals surface area (Å²) in [6, 6.07) is 0. The highest BCUT2D eigenvalue weighted by Gasteiger charge is 1.82. The third kappa shape index (κ3) is 7.36. The molecule has 0 aliphatic heterocycles. The molecule has 0 aromatic heterocycles. The summed E-state index contributed by atoms with van der Waals surface area (Å²) >= 11 is 11.1. The number of rotatable bonds is 4. The predicted molar refractivity (Wildman–Crippen MR) is 58.1 cm³/mol. The highest BCUT2D eigenvalue weighted by atomic mass is 35.5. The maximum absolute atomic E-state index is 5.63. The predicted octanol–water partition coefficient (Wildman–Crippen LogP) is 1.38. The molecule has 3 N–H and O–H groups in total. The molecular weight excluding hydrogens is 211 g/mol. The van der Waals surface area contributed by atoms with Crippen molar-refractivity contribution in [3.05, 3.63) is 22.5 Å². The Labute approximate surface area is 86.8 Å². The van der Waals surface area contributed by atoms with Gasteiger partial charge in [-0.05, 0) is 0 Å². The van der Waals surface area contributed by atoms with Crippen LogP contribution in [0, 0.1) is 0 Å². The van der Waals surface area contributed by atoms with E-state index in [4.69, 9.17) is 28.9 Å². The zero-order chi connectivity index (χ0) is 10.1. The van der Waals surface area contributed by atoms with E-state index < -0.39 is 0 Å². The van der Waals surface area contributed by atoms with Crippen LogP contribution in [0.2, 0.25) is 0 Å². The normalized spacial score (nSPS) is 14.4. The third-order valence-corrected chi connectivity index (χ3v) is 1.30. The molecular formula is C7H10Cl2N4. The fourth-order valence-corrected chi connectivity index (χ4v) is 0.592. The number of allylic oxidation sites excluding steroid dienone is 2. The molecule has 0 fully saturated rings. The SMILES string of the molecule is CN\C=C(Cl)/C=N\N=C/C(Cl)=C\N. The highest BCUT2D eigenvalue weighted by molar-refractivity contribution is 6.39. The van der Waals surface area contributed by atoms with Gasteiger partial charge in [-0.2, -0.15) is 10.2 Å². The number of halogens is 2. The number of nitrogens with two attached hydrogens (primary N) is 1. The third-order valence-electron chi connectivity index (χ3n) is 0.870. The molecule has 4 nitrogen and oxygen atoms in total. The average molecular weight is 221 g/mol. The number of nitrogens with zero attached hydrogens (tertiary/aromatic N) is 2. The lowest BCUT2D eigenvalue weighted by atomic mass is 10.6. The second-order valence-electron chi connectivity index (χ2n) is 1.86. The molecule has 0 saturated heterocycles. The number of hydrogen-bond donors (Lipinski definition) is 2. The van der Waals surface area contributed by atoms with Crippen molar-refractivity contribution in [2.75, 3.05) is 7.05 Å². The summed E-state index contributed by atoms with van der Waals surface area (Å²) in [7, 11) is 1.73. The fourth-order valence-electron chi connectivity index (χ4n) is 0.395. The first kappa shape index (κ1) is 12.0. The Morgan fingerprint density at radius 2 is 1.77 bits per heavy atom. The van der Waals surface area contributed by atoms with Gasteiger partial charge in [0.2, 0.25) is 0 Å². The molecule has 0 aromatic rings. The smallest absolute Gasteiger partial charge is 0.0763 e. The quantitative estimate of drug-likeness (QED) is 0.556. The van der Waals surface area contributed by atoms with E-state index in [9.17, 15) is 0 Å². The van der Waals surface area contributed by atoms with Crippen LogP contribution in [0.4, 0.5) is 0 Å². The monoisotopic (exact) mass is 220 g/mol. The van der Waals surface area contributed by atoms with Gasteiger partial charge in [-0.1, -0.05) is 23.2 Å². The van der Waals surface area contributed by atoms with Crippen molar-refractivity contribution in [1.29, 1.82) is 0 Å². The van der Waals surface area contributed by atoms with Gasteiger partial charge in [0.15, 0.2) is 0 Å². The highest BCUT2D eigenvalue weighted by Crippen LogP contribution is 1.95. The van der Waals surface area contributed by atoms with Crippen molar-refractivity contribution in [2.45, 2.75) is 0 Å². The minimum atomic E-state index is 0.311. The van der Waals surface area contributed by atoms with Gasteiger partial charge >= 0.3 is 0 Å². The van der Waals surface area contributed by atoms with Gasteiger partial charge in [0.25, 0.3) is 0 Å². The zero-order valence-electron chi connectivity index (χ0n) is 7.04. The Morgan fingerprint density at radius 1 is 1.23 bits per heavy atom. The molecule has 0 heterocycles. The Hall–Kier alpha value is -1.00. The Bertz CT molecular complexity index is 255. The minimum absolute atomic E-state index is 0.311. The van der Waals surface area contributed by atoms with Crippen LogP contribution in [0.1, 0.15) is 0 Å². The van der Waals surface area contributed by atoms with Crippen LogP contribution in [0.3, 0.4) is 0 Å². The molecule has 72 valence electrons. The van der Waals surface area contributed by atoms with E-state index in [1.165, 1.54) is 18.6 Å².